The first kappa shape index (κ1) is 22.3. The molecular formula is C22H43ClO. The second-order valence-corrected chi connectivity index (χ2v) is 8.15. The van der Waals surface area contributed by atoms with Crippen molar-refractivity contribution in [3.8, 4) is 0 Å². The van der Waals surface area contributed by atoms with E-state index in [2.05, 4.69) is 0 Å². The van der Waals surface area contributed by atoms with Crippen LogP contribution < -0.4 is 0 Å². The summed E-state index contributed by atoms with van der Waals surface area (Å²) in [5.74, 6) is 0.809. The minimum atomic E-state index is 0.533. The lowest BCUT2D eigenvalue weighted by molar-refractivity contribution is 0.0357. The van der Waals surface area contributed by atoms with Crippen molar-refractivity contribution in [3.63, 3.8) is 0 Å². The molecule has 0 radical (unpaired) electrons. The average molecular weight is 359 g/mol. The Hall–Kier alpha value is 0.250. The summed E-state index contributed by atoms with van der Waals surface area (Å²) in [6, 6.07) is 0. The largest absolute Gasteiger partial charge is 0.378 e. The maximum atomic E-state index is 6.23. The molecule has 0 bridgehead atoms. The number of unbranched alkanes of at least 4 members (excludes halogenated alkanes) is 3. The van der Waals surface area contributed by atoms with E-state index in [0.29, 0.717) is 6.10 Å². The predicted molar refractivity (Wildman–Crippen MR) is 108 cm³/mol. The first-order valence-corrected chi connectivity index (χ1v) is 11.6. The summed E-state index contributed by atoms with van der Waals surface area (Å²) in [5, 5.41) is 0. The summed E-state index contributed by atoms with van der Waals surface area (Å²) in [6.45, 7) is 0.965. The molecule has 1 nitrogen and oxygen atoms in total. The van der Waals surface area contributed by atoms with Crippen LogP contribution in [0.25, 0.3) is 0 Å². The molecule has 1 rings (SSSR count). The zero-order chi connectivity index (χ0) is 17.1. The Morgan fingerprint density at radius 1 is 0.542 bits per heavy atom. The van der Waals surface area contributed by atoms with E-state index in [9.17, 15) is 0 Å². The standard InChI is InChI=1S/C22H43ClO/c23-20-16-12-13-17-21-24-22-18-14-10-8-6-4-2-1-3-5-7-9-11-15-19-22/h22H,1-21H2. The van der Waals surface area contributed by atoms with Crippen molar-refractivity contribution in [2.45, 2.75) is 128 Å². The average Bonchev–Trinajstić information content (AvgIpc) is 2.59. The molecule has 0 heterocycles. The molecule has 0 unspecified atom stereocenters. The molecule has 1 saturated carbocycles. The lowest BCUT2D eigenvalue weighted by atomic mass is 10.00. The number of halogens is 1. The molecule has 0 atom stereocenters. The number of rotatable bonds is 7. The fourth-order valence-corrected chi connectivity index (χ4v) is 3.99. The van der Waals surface area contributed by atoms with Gasteiger partial charge in [-0.05, 0) is 25.7 Å². The van der Waals surface area contributed by atoms with Crippen LogP contribution in [0.1, 0.15) is 122 Å². The van der Waals surface area contributed by atoms with E-state index in [-0.39, 0.29) is 0 Å². The van der Waals surface area contributed by atoms with Crippen molar-refractivity contribution in [3.05, 3.63) is 0 Å². The molecule has 1 fully saturated rings. The van der Waals surface area contributed by atoms with E-state index < -0.39 is 0 Å². The highest BCUT2D eigenvalue weighted by molar-refractivity contribution is 6.17. The van der Waals surface area contributed by atoms with Crippen molar-refractivity contribution in [2.75, 3.05) is 12.5 Å². The third-order valence-corrected chi connectivity index (χ3v) is 5.70. The fraction of sp³-hybridized carbons (Fsp3) is 1.00. The number of hydrogen-bond donors (Lipinski definition) is 0. The summed E-state index contributed by atoms with van der Waals surface area (Å²) in [5.41, 5.74) is 0. The van der Waals surface area contributed by atoms with Gasteiger partial charge in [0.1, 0.15) is 0 Å². The Balaban J connectivity index is 2.16. The highest BCUT2D eigenvalue weighted by atomic mass is 35.5. The highest BCUT2D eigenvalue weighted by Crippen LogP contribution is 2.19. The molecule has 1 aliphatic carbocycles. The van der Waals surface area contributed by atoms with Gasteiger partial charge in [0.05, 0.1) is 6.10 Å². The van der Waals surface area contributed by atoms with E-state index in [4.69, 9.17) is 16.3 Å². The Labute approximate surface area is 157 Å². The van der Waals surface area contributed by atoms with Gasteiger partial charge in [-0.25, -0.2) is 0 Å². The summed E-state index contributed by atoms with van der Waals surface area (Å²) >= 11 is 5.73. The van der Waals surface area contributed by atoms with Gasteiger partial charge in [-0.3, -0.25) is 0 Å². The van der Waals surface area contributed by atoms with Crippen molar-refractivity contribution in [2.24, 2.45) is 0 Å². The van der Waals surface area contributed by atoms with Gasteiger partial charge in [0.15, 0.2) is 0 Å². The molecule has 1 aliphatic rings. The molecule has 0 N–H and O–H groups in total. The molecular weight excluding hydrogens is 316 g/mol. The van der Waals surface area contributed by atoms with Crippen LogP contribution in [-0.2, 0) is 4.74 Å². The van der Waals surface area contributed by atoms with Crippen LogP contribution in [0.15, 0.2) is 0 Å². The number of hydrogen-bond acceptors (Lipinski definition) is 1. The Bertz CT molecular complexity index is 225. The first-order chi connectivity index (χ1) is 11.9. The summed E-state index contributed by atoms with van der Waals surface area (Å²) in [6.07, 6.45) is 26.7. The van der Waals surface area contributed by atoms with Crippen LogP contribution in [0.3, 0.4) is 0 Å². The second kappa shape index (κ2) is 18.1. The maximum Gasteiger partial charge on any atom is 0.0575 e. The van der Waals surface area contributed by atoms with Crippen molar-refractivity contribution >= 4 is 11.6 Å². The maximum absolute atomic E-state index is 6.23. The van der Waals surface area contributed by atoms with Gasteiger partial charge in [0.2, 0.25) is 0 Å². The normalized spacial score (nSPS) is 20.9. The van der Waals surface area contributed by atoms with Crippen LogP contribution in [0.5, 0.6) is 0 Å². The molecule has 0 aliphatic heterocycles. The van der Waals surface area contributed by atoms with Gasteiger partial charge in [-0.2, -0.15) is 0 Å². The van der Waals surface area contributed by atoms with Crippen molar-refractivity contribution < 1.29 is 4.74 Å². The van der Waals surface area contributed by atoms with E-state index in [1.807, 2.05) is 0 Å². The molecule has 0 aromatic rings. The Morgan fingerprint density at radius 3 is 1.42 bits per heavy atom. The quantitative estimate of drug-likeness (QED) is 0.330. The van der Waals surface area contributed by atoms with Crippen molar-refractivity contribution in [1.82, 2.24) is 0 Å². The Morgan fingerprint density at radius 2 is 0.958 bits per heavy atom. The smallest absolute Gasteiger partial charge is 0.0575 e. The lowest BCUT2D eigenvalue weighted by Crippen LogP contribution is -2.14. The summed E-state index contributed by atoms with van der Waals surface area (Å²) < 4.78 is 6.23. The van der Waals surface area contributed by atoms with E-state index in [1.54, 1.807) is 0 Å². The van der Waals surface area contributed by atoms with Crippen LogP contribution >= 0.6 is 11.6 Å². The van der Waals surface area contributed by atoms with E-state index >= 15 is 0 Å². The zero-order valence-corrected chi connectivity index (χ0v) is 17.0. The minimum Gasteiger partial charge on any atom is -0.378 e. The molecule has 144 valence electrons. The first-order valence-electron chi connectivity index (χ1n) is 11.1. The number of alkyl halides is 1. The molecule has 0 saturated heterocycles. The van der Waals surface area contributed by atoms with Gasteiger partial charge in [0, 0.05) is 12.5 Å². The van der Waals surface area contributed by atoms with Gasteiger partial charge in [-0.15, -0.1) is 11.6 Å². The lowest BCUT2D eigenvalue weighted by Gasteiger charge is -2.18. The molecule has 0 spiro atoms. The zero-order valence-electron chi connectivity index (χ0n) is 16.2. The highest BCUT2D eigenvalue weighted by Gasteiger charge is 2.09. The summed E-state index contributed by atoms with van der Waals surface area (Å²) in [4.78, 5) is 0. The van der Waals surface area contributed by atoms with E-state index in [0.717, 1.165) is 18.9 Å². The van der Waals surface area contributed by atoms with Gasteiger partial charge >= 0.3 is 0 Å². The Kier molecular flexibility index (Phi) is 16.8. The second-order valence-electron chi connectivity index (χ2n) is 7.77. The van der Waals surface area contributed by atoms with Crippen molar-refractivity contribution in [1.29, 1.82) is 0 Å². The monoisotopic (exact) mass is 358 g/mol. The molecule has 2 heteroatoms. The predicted octanol–water partition coefficient (Wildman–Crippen LogP) is 8.04. The topological polar surface area (TPSA) is 9.23 Å². The van der Waals surface area contributed by atoms with Crippen LogP contribution in [0.4, 0.5) is 0 Å². The van der Waals surface area contributed by atoms with Gasteiger partial charge < -0.3 is 4.74 Å². The van der Waals surface area contributed by atoms with Crippen LogP contribution in [0, 0.1) is 0 Å². The van der Waals surface area contributed by atoms with Crippen LogP contribution in [0.2, 0.25) is 0 Å². The molecule has 0 aromatic heterocycles. The number of ether oxygens (including phenoxy) is 1. The third-order valence-electron chi connectivity index (χ3n) is 5.43. The third kappa shape index (κ3) is 14.6. The fourth-order valence-electron chi connectivity index (χ4n) is 3.80. The summed E-state index contributed by atoms with van der Waals surface area (Å²) in [7, 11) is 0. The van der Waals surface area contributed by atoms with E-state index in [1.165, 1.54) is 116 Å². The molecule has 0 amide bonds. The van der Waals surface area contributed by atoms with Gasteiger partial charge in [-0.1, -0.05) is 96.3 Å². The van der Waals surface area contributed by atoms with Crippen LogP contribution in [-0.4, -0.2) is 18.6 Å². The minimum absolute atomic E-state index is 0.533. The SMILES string of the molecule is ClCCCCCCOC1CCCCCCCCCCCCCCC1. The van der Waals surface area contributed by atoms with Gasteiger partial charge in [0.25, 0.3) is 0 Å². The molecule has 24 heavy (non-hydrogen) atoms. The molecule has 0 aromatic carbocycles.